The minimum Gasteiger partial charge on any atom is -0.485 e. The number of hydrazine groups is 1. The van der Waals surface area contributed by atoms with Crippen molar-refractivity contribution in [2.75, 3.05) is 19.6 Å². The lowest BCUT2D eigenvalue weighted by Gasteiger charge is -2.36. The number of hydrogen-bond acceptors (Lipinski definition) is 12. The normalized spacial score (nSPS) is 15.1. The van der Waals surface area contributed by atoms with E-state index >= 15 is 0 Å². The summed E-state index contributed by atoms with van der Waals surface area (Å²) in [6.45, 7) is -0.977. The third-order valence-electron chi connectivity index (χ3n) is 8.88. The van der Waals surface area contributed by atoms with Gasteiger partial charge in [0.15, 0.2) is 11.5 Å². The Hall–Kier alpha value is -7.48. The zero-order valence-electron chi connectivity index (χ0n) is 30.3. The van der Waals surface area contributed by atoms with Gasteiger partial charge in [0, 0.05) is 12.3 Å². The number of urea groups is 2. The van der Waals surface area contributed by atoms with Crippen molar-refractivity contribution in [2.45, 2.75) is 25.9 Å². The molecule has 0 radical (unpaired) electrons. The summed E-state index contributed by atoms with van der Waals surface area (Å²) in [5.41, 5.74) is 3.44. The van der Waals surface area contributed by atoms with Gasteiger partial charge in [-0.15, -0.1) is 0 Å². The number of likely N-dealkylation sites (tertiary alicyclic amines) is 1. The highest BCUT2D eigenvalue weighted by atomic mass is 32.2. The maximum Gasteiger partial charge on any atom is 0.408 e. The highest BCUT2D eigenvalue weighted by Crippen LogP contribution is 2.29. The molecule has 5 aromatic rings. The third kappa shape index (κ3) is 8.65. The smallest absolute Gasteiger partial charge is 0.408 e. The Morgan fingerprint density at radius 1 is 0.776 bits per heavy atom. The maximum absolute atomic E-state index is 13.6. The Labute approximate surface area is 329 Å². The van der Waals surface area contributed by atoms with E-state index in [1.807, 2.05) is 60.7 Å². The minimum atomic E-state index is -4.88. The third-order valence-corrected chi connectivity index (χ3v) is 10.2. The molecule has 0 aliphatic carbocycles. The molecule has 2 saturated heterocycles. The number of rotatable bonds is 13. The molecule has 0 saturated carbocycles. The first kappa shape index (κ1) is 38.8. The first-order chi connectivity index (χ1) is 28.0. The fraction of sp³-hybridized carbons (Fsp3) is 0.184. The van der Waals surface area contributed by atoms with Crippen LogP contribution in [0.5, 0.6) is 11.5 Å². The zero-order valence-corrected chi connectivity index (χ0v) is 31.2. The molecule has 20 heteroatoms. The molecule has 19 nitrogen and oxygen atoms in total. The number of aromatic nitrogens is 2. The molecule has 2 aliphatic heterocycles. The number of carbonyl (C=O) groups is 5. The highest BCUT2D eigenvalue weighted by Gasteiger charge is 2.45. The first-order valence-electron chi connectivity index (χ1n) is 17.6. The van der Waals surface area contributed by atoms with Crippen LogP contribution >= 0.6 is 0 Å². The van der Waals surface area contributed by atoms with E-state index in [9.17, 15) is 37.2 Å². The molecule has 7 amide bonds. The predicted octanol–water partition coefficient (Wildman–Crippen LogP) is 2.33. The summed E-state index contributed by atoms with van der Waals surface area (Å²) in [7, 11) is -4.88. The van der Waals surface area contributed by atoms with Gasteiger partial charge in [-0.05, 0) is 16.7 Å². The van der Waals surface area contributed by atoms with E-state index in [1.54, 1.807) is 35.1 Å². The second-order valence-electron chi connectivity index (χ2n) is 12.8. The molecule has 4 heterocycles. The van der Waals surface area contributed by atoms with Crippen LogP contribution in [0.1, 0.15) is 27.0 Å². The number of benzene rings is 3. The molecule has 1 atom stereocenters. The summed E-state index contributed by atoms with van der Waals surface area (Å²) in [5, 5.41) is 2.94. The van der Waals surface area contributed by atoms with Crippen LogP contribution in [0.2, 0.25) is 0 Å². The quantitative estimate of drug-likeness (QED) is 0.146. The first-order valence-corrected chi connectivity index (χ1v) is 19.1. The molecule has 2 fully saturated rings. The molecule has 3 aromatic carbocycles. The fourth-order valence-electron chi connectivity index (χ4n) is 5.80. The Balaban J connectivity index is 0.973. The second-order valence-corrected chi connectivity index (χ2v) is 14.4. The van der Waals surface area contributed by atoms with Crippen molar-refractivity contribution in [1.82, 2.24) is 39.1 Å². The predicted molar refractivity (Wildman–Crippen MR) is 202 cm³/mol. The van der Waals surface area contributed by atoms with Crippen molar-refractivity contribution in [3.05, 3.63) is 142 Å². The lowest BCUT2D eigenvalue weighted by Crippen LogP contribution is -2.68. The zero-order chi connectivity index (χ0) is 40.8. The van der Waals surface area contributed by atoms with Crippen LogP contribution in [-0.4, -0.2) is 87.7 Å². The van der Waals surface area contributed by atoms with Gasteiger partial charge in [0.2, 0.25) is 0 Å². The second kappa shape index (κ2) is 16.7. The summed E-state index contributed by atoms with van der Waals surface area (Å²) in [5.74, 6) is -1.52. The monoisotopic (exact) mass is 810 g/mol. The van der Waals surface area contributed by atoms with Crippen molar-refractivity contribution >= 4 is 45.8 Å². The van der Waals surface area contributed by atoms with E-state index in [4.69, 9.17) is 14.2 Å². The molecule has 1 unspecified atom stereocenters. The molecule has 58 heavy (non-hydrogen) atoms. The number of imide groups is 1. The van der Waals surface area contributed by atoms with E-state index in [2.05, 4.69) is 15.7 Å². The van der Waals surface area contributed by atoms with Crippen molar-refractivity contribution in [2.24, 2.45) is 0 Å². The van der Waals surface area contributed by atoms with Gasteiger partial charge in [-0.3, -0.25) is 29.1 Å². The minimum absolute atomic E-state index is 0.0636. The maximum atomic E-state index is 13.6. The van der Waals surface area contributed by atoms with Gasteiger partial charge in [-0.1, -0.05) is 91.0 Å². The van der Waals surface area contributed by atoms with Crippen LogP contribution < -0.4 is 30.5 Å². The lowest BCUT2D eigenvalue weighted by atomic mass is 10.1. The SMILES string of the molecule is O=C(NC1CN(C(=O)NS(=O)(=O)N2CCN(NC(=O)c3cnc4cc(OCc5ccccc5)c(OCc5ccccc5)cn4c3=O)C2=O)C1=O)OCc1ccccc1. The number of alkyl carbamates (subject to hydrolysis) is 1. The van der Waals surface area contributed by atoms with E-state index in [-0.39, 0.29) is 54.4 Å². The van der Waals surface area contributed by atoms with Crippen molar-refractivity contribution in [3.63, 3.8) is 0 Å². The van der Waals surface area contributed by atoms with Gasteiger partial charge in [-0.2, -0.15) is 8.42 Å². The van der Waals surface area contributed by atoms with Crippen LogP contribution in [0.25, 0.3) is 5.65 Å². The van der Waals surface area contributed by atoms with Gasteiger partial charge in [0.25, 0.3) is 17.4 Å². The molecule has 0 spiro atoms. The van der Waals surface area contributed by atoms with Crippen LogP contribution in [0.15, 0.2) is 114 Å². The number of amides is 7. The molecule has 0 bridgehead atoms. The van der Waals surface area contributed by atoms with E-state index in [0.717, 1.165) is 21.7 Å². The number of carbonyl (C=O) groups excluding carboxylic acids is 5. The Morgan fingerprint density at radius 2 is 1.36 bits per heavy atom. The average Bonchev–Trinajstić information content (AvgIpc) is 3.60. The van der Waals surface area contributed by atoms with E-state index in [0.29, 0.717) is 15.5 Å². The largest absolute Gasteiger partial charge is 0.485 e. The van der Waals surface area contributed by atoms with Gasteiger partial charge < -0.3 is 19.5 Å². The summed E-state index contributed by atoms with van der Waals surface area (Å²) >= 11 is 0. The van der Waals surface area contributed by atoms with E-state index < -0.39 is 63.9 Å². The number of fused-ring (bicyclic) bond motifs is 1. The topological polar surface area (TPSA) is 227 Å². The van der Waals surface area contributed by atoms with Crippen LogP contribution in [0.4, 0.5) is 14.4 Å². The van der Waals surface area contributed by atoms with Gasteiger partial charge in [0.1, 0.15) is 37.1 Å². The molecule has 7 rings (SSSR count). The molecule has 3 N–H and O–H groups in total. The Kier molecular flexibility index (Phi) is 11.2. The Morgan fingerprint density at radius 3 is 1.97 bits per heavy atom. The average molecular weight is 811 g/mol. The van der Waals surface area contributed by atoms with Crippen molar-refractivity contribution in [3.8, 4) is 11.5 Å². The van der Waals surface area contributed by atoms with Crippen molar-refractivity contribution in [1.29, 1.82) is 0 Å². The molecular weight excluding hydrogens is 777 g/mol. The standard InChI is InChI=1S/C38H34N8O11S/c47-33(28-19-39-32-18-30(55-22-25-10-4-1-5-11-25)31(21-43(32)34(28)48)56-23-26-12-6-2-7-13-26)41-45-16-17-46(38(45)52)58(53,54)42-36(50)44-20-29(35(44)49)40-37(51)57-24-27-14-8-3-9-15-27/h1-15,18-19,21,29H,16-17,20,22-24H2,(H,40,51)(H,41,47)(H,42,50). The highest BCUT2D eigenvalue weighted by molar-refractivity contribution is 7.88. The number of β-lactam (4-membered cyclic amide) rings is 1. The summed E-state index contributed by atoms with van der Waals surface area (Å²) < 4.78 is 46.2. The Bertz CT molecular complexity index is 2540. The molecule has 2 aromatic heterocycles. The number of hydrogen-bond donors (Lipinski definition) is 3. The van der Waals surface area contributed by atoms with Gasteiger partial charge in [-0.25, -0.2) is 33.4 Å². The fourth-order valence-corrected chi connectivity index (χ4v) is 6.87. The number of nitrogens with one attached hydrogen (secondary N) is 3. The summed E-state index contributed by atoms with van der Waals surface area (Å²) in [6, 6.07) is 25.1. The lowest BCUT2D eigenvalue weighted by molar-refractivity contribution is -0.139. The molecular formula is C38H34N8O11S. The number of ether oxygens (including phenoxy) is 3. The summed E-state index contributed by atoms with van der Waals surface area (Å²) in [6.07, 6.45) is 1.42. The van der Waals surface area contributed by atoms with Gasteiger partial charge >= 0.3 is 28.4 Å². The number of nitrogens with zero attached hydrogens (tertiary/aromatic N) is 5. The summed E-state index contributed by atoms with van der Waals surface area (Å²) in [4.78, 5) is 82.2. The molecule has 2 aliphatic rings. The van der Waals surface area contributed by atoms with Crippen molar-refractivity contribution < 1.29 is 46.6 Å². The van der Waals surface area contributed by atoms with Crippen LogP contribution in [-0.2, 0) is 39.6 Å². The van der Waals surface area contributed by atoms with Crippen LogP contribution in [0, 0.1) is 0 Å². The van der Waals surface area contributed by atoms with Gasteiger partial charge in [0.05, 0.1) is 25.8 Å². The molecule has 298 valence electrons. The van der Waals surface area contributed by atoms with E-state index in [1.165, 1.54) is 12.3 Å². The number of pyridine rings is 1. The van der Waals surface area contributed by atoms with Crippen LogP contribution in [0.3, 0.4) is 0 Å².